The van der Waals surface area contributed by atoms with Gasteiger partial charge in [-0.25, -0.2) is 0 Å². The molecule has 33 heavy (non-hydrogen) atoms. The molecule has 0 spiro atoms. The molecule has 2 amide bonds. The highest BCUT2D eigenvalue weighted by Gasteiger charge is 2.18. The molecule has 3 rings (SSSR count). The molecular formula is C25H32ClN3O4. The van der Waals surface area contributed by atoms with Gasteiger partial charge in [-0.3, -0.25) is 9.59 Å². The fourth-order valence-electron chi connectivity index (χ4n) is 3.70. The zero-order valence-electron chi connectivity index (χ0n) is 19.0. The van der Waals surface area contributed by atoms with Gasteiger partial charge in [0, 0.05) is 24.0 Å². The van der Waals surface area contributed by atoms with Crippen LogP contribution in [0.4, 0.5) is 11.4 Å². The van der Waals surface area contributed by atoms with Gasteiger partial charge in [0.1, 0.15) is 12.4 Å². The van der Waals surface area contributed by atoms with Gasteiger partial charge in [0.25, 0.3) is 5.91 Å². The van der Waals surface area contributed by atoms with Crippen LogP contribution in [-0.4, -0.2) is 44.2 Å². The first-order chi connectivity index (χ1) is 16.0. The van der Waals surface area contributed by atoms with E-state index in [0.29, 0.717) is 47.5 Å². The minimum atomic E-state index is -0.205. The summed E-state index contributed by atoms with van der Waals surface area (Å²) < 4.78 is 10.8. The fourth-order valence-corrected chi connectivity index (χ4v) is 3.91. The topological polar surface area (TPSA) is 88.7 Å². The Morgan fingerprint density at radius 2 is 1.73 bits per heavy atom. The zero-order valence-corrected chi connectivity index (χ0v) is 19.7. The Bertz CT molecular complexity index is 914. The summed E-state index contributed by atoms with van der Waals surface area (Å²) in [5.41, 5.74) is 1.73. The van der Waals surface area contributed by atoms with E-state index >= 15 is 0 Å². The Balaban J connectivity index is 1.47. The molecule has 2 aromatic rings. The van der Waals surface area contributed by atoms with Crippen LogP contribution in [0.5, 0.6) is 5.75 Å². The van der Waals surface area contributed by atoms with Crippen LogP contribution in [-0.2, 0) is 9.53 Å². The molecule has 0 aromatic heterocycles. The molecule has 0 atom stereocenters. The van der Waals surface area contributed by atoms with Crippen molar-refractivity contribution in [1.29, 1.82) is 0 Å². The predicted molar refractivity (Wildman–Crippen MR) is 131 cm³/mol. The standard InChI is InChI=1S/C25H32ClN3O4/c1-2-32-14-15-33-21-11-8-19(9-12-21)28-24(30)17-27-20-10-13-23(26)22(16-20)25(31)29-18-6-4-3-5-7-18/h8-13,16,18,27H,2-7,14-15,17H2,1H3,(H,28,30)(H,29,31). The van der Waals surface area contributed by atoms with Crippen LogP contribution in [0.2, 0.25) is 5.02 Å². The van der Waals surface area contributed by atoms with Crippen LogP contribution in [0.3, 0.4) is 0 Å². The second-order valence-corrected chi connectivity index (χ2v) is 8.38. The summed E-state index contributed by atoms with van der Waals surface area (Å²) in [6.07, 6.45) is 5.50. The van der Waals surface area contributed by atoms with Gasteiger partial charge in [0.2, 0.25) is 5.91 Å². The number of rotatable bonds is 11. The summed E-state index contributed by atoms with van der Waals surface area (Å²) in [7, 11) is 0. The minimum Gasteiger partial charge on any atom is -0.491 e. The molecular weight excluding hydrogens is 442 g/mol. The highest BCUT2D eigenvalue weighted by atomic mass is 35.5. The normalized spacial score (nSPS) is 13.9. The van der Waals surface area contributed by atoms with Crippen molar-refractivity contribution >= 4 is 34.8 Å². The van der Waals surface area contributed by atoms with Gasteiger partial charge < -0.3 is 25.4 Å². The molecule has 0 aliphatic heterocycles. The summed E-state index contributed by atoms with van der Waals surface area (Å²) in [4.78, 5) is 25.0. The summed E-state index contributed by atoms with van der Waals surface area (Å²) in [6, 6.07) is 12.5. The third-order valence-corrected chi connectivity index (χ3v) is 5.77. The number of anilines is 2. The molecule has 0 bridgehead atoms. The first kappa shape index (κ1) is 24.9. The van der Waals surface area contributed by atoms with Crippen LogP contribution in [0.1, 0.15) is 49.4 Å². The van der Waals surface area contributed by atoms with E-state index in [1.807, 2.05) is 6.92 Å². The van der Waals surface area contributed by atoms with Crippen molar-refractivity contribution in [2.45, 2.75) is 45.1 Å². The smallest absolute Gasteiger partial charge is 0.253 e. The summed E-state index contributed by atoms with van der Waals surface area (Å²) in [6.45, 7) is 3.67. The number of hydrogen-bond donors (Lipinski definition) is 3. The number of halogens is 1. The van der Waals surface area contributed by atoms with Crippen LogP contribution in [0.25, 0.3) is 0 Å². The van der Waals surface area contributed by atoms with E-state index in [1.165, 1.54) is 6.42 Å². The quantitative estimate of drug-likeness (QED) is 0.405. The number of hydrogen-bond acceptors (Lipinski definition) is 5. The lowest BCUT2D eigenvalue weighted by Crippen LogP contribution is -2.36. The lowest BCUT2D eigenvalue weighted by Gasteiger charge is -2.23. The first-order valence-electron chi connectivity index (χ1n) is 11.5. The third-order valence-electron chi connectivity index (χ3n) is 5.44. The van der Waals surface area contributed by atoms with Crippen LogP contribution in [0, 0.1) is 0 Å². The molecule has 0 unspecified atom stereocenters. The molecule has 3 N–H and O–H groups in total. The van der Waals surface area contributed by atoms with Gasteiger partial charge in [-0.05, 0) is 62.2 Å². The molecule has 7 nitrogen and oxygen atoms in total. The highest BCUT2D eigenvalue weighted by Crippen LogP contribution is 2.23. The monoisotopic (exact) mass is 473 g/mol. The lowest BCUT2D eigenvalue weighted by atomic mass is 9.95. The summed E-state index contributed by atoms with van der Waals surface area (Å²) in [5.74, 6) is 0.331. The van der Waals surface area contributed by atoms with Crippen molar-refractivity contribution < 1.29 is 19.1 Å². The van der Waals surface area contributed by atoms with Crippen LogP contribution < -0.4 is 20.7 Å². The SMILES string of the molecule is CCOCCOc1ccc(NC(=O)CNc2ccc(Cl)c(C(=O)NC3CCCCC3)c2)cc1. The zero-order chi connectivity index (χ0) is 23.5. The van der Waals surface area contributed by atoms with Gasteiger partial charge in [0.15, 0.2) is 0 Å². The van der Waals surface area contributed by atoms with Crippen molar-refractivity contribution in [1.82, 2.24) is 5.32 Å². The van der Waals surface area contributed by atoms with Crippen molar-refractivity contribution in [2.24, 2.45) is 0 Å². The minimum absolute atomic E-state index is 0.0535. The Kier molecular flexibility index (Phi) is 9.84. The third kappa shape index (κ3) is 8.26. The van der Waals surface area contributed by atoms with Crippen molar-refractivity contribution in [3.8, 4) is 5.75 Å². The van der Waals surface area contributed by atoms with Crippen LogP contribution in [0.15, 0.2) is 42.5 Å². The van der Waals surface area contributed by atoms with E-state index in [0.717, 1.165) is 25.7 Å². The van der Waals surface area contributed by atoms with E-state index in [2.05, 4.69) is 16.0 Å². The summed E-state index contributed by atoms with van der Waals surface area (Å²) >= 11 is 6.25. The molecule has 2 aromatic carbocycles. The average molecular weight is 474 g/mol. The number of benzene rings is 2. The van der Waals surface area contributed by atoms with E-state index < -0.39 is 0 Å². The number of nitrogens with one attached hydrogen (secondary N) is 3. The number of ether oxygens (including phenoxy) is 2. The van der Waals surface area contributed by atoms with E-state index in [1.54, 1.807) is 42.5 Å². The maximum absolute atomic E-state index is 12.7. The van der Waals surface area contributed by atoms with E-state index in [4.69, 9.17) is 21.1 Å². The van der Waals surface area contributed by atoms with Gasteiger partial charge in [0.05, 0.1) is 23.7 Å². The van der Waals surface area contributed by atoms with Gasteiger partial charge in [-0.2, -0.15) is 0 Å². The van der Waals surface area contributed by atoms with Gasteiger partial charge in [-0.15, -0.1) is 0 Å². The van der Waals surface area contributed by atoms with Crippen molar-refractivity contribution in [2.75, 3.05) is 37.0 Å². The highest BCUT2D eigenvalue weighted by molar-refractivity contribution is 6.34. The number of carbonyl (C=O) groups is 2. The van der Waals surface area contributed by atoms with Gasteiger partial charge in [-0.1, -0.05) is 30.9 Å². The first-order valence-corrected chi connectivity index (χ1v) is 11.9. The van der Waals surface area contributed by atoms with Crippen LogP contribution >= 0.6 is 11.6 Å². The second kappa shape index (κ2) is 13.1. The number of carbonyl (C=O) groups excluding carboxylic acids is 2. The van der Waals surface area contributed by atoms with Crippen molar-refractivity contribution in [3.63, 3.8) is 0 Å². The maximum atomic E-state index is 12.7. The molecule has 1 saturated carbocycles. The molecule has 0 heterocycles. The Hall–Kier alpha value is -2.77. The largest absolute Gasteiger partial charge is 0.491 e. The predicted octanol–water partition coefficient (Wildman–Crippen LogP) is 4.87. The molecule has 0 radical (unpaired) electrons. The fraction of sp³-hybridized carbons (Fsp3) is 0.440. The maximum Gasteiger partial charge on any atom is 0.253 e. The second-order valence-electron chi connectivity index (χ2n) is 7.97. The lowest BCUT2D eigenvalue weighted by molar-refractivity contribution is -0.114. The molecule has 8 heteroatoms. The van der Waals surface area contributed by atoms with Gasteiger partial charge >= 0.3 is 0 Å². The summed E-state index contributed by atoms with van der Waals surface area (Å²) in [5, 5.41) is 9.35. The molecule has 1 fully saturated rings. The molecule has 0 saturated heterocycles. The molecule has 1 aliphatic carbocycles. The van der Waals surface area contributed by atoms with E-state index in [-0.39, 0.29) is 24.4 Å². The Morgan fingerprint density at radius 3 is 2.45 bits per heavy atom. The Morgan fingerprint density at radius 1 is 1.00 bits per heavy atom. The average Bonchev–Trinajstić information content (AvgIpc) is 2.83. The molecule has 178 valence electrons. The Labute approximate surface area is 200 Å². The number of amides is 2. The van der Waals surface area contributed by atoms with Crippen molar-refractivity contribution in [3.05, 3.63) is 53.1 Å². The molecule has 1 aliphatic rings. The van der Waals surface area contributed by atoms with E-state index in [9.17, 15) is 9.59 Å².